The molecule has 0 N–H and O–H groups in total. The van der Waals surface area contributed by atoms with Crippen LogP contribution in [0.4, 0.5) is 26.3 Å². The van der Waals surface area contributed by atoms with Crippen LogP contribution in [0.25, 0.3) is 44.5 Å². The van der Waals surface area contributed by atoms with Crippen LogP contribution in [-0.2, 0) is 6.42 Å². The third-order valence-electron chi connectivity index (χ3n) is 7.77. The Morgan fingerprint density at radius 1 is 0.367 bits per heavy atom. The number of alkyl halides is 6. The lowest BCUT2D eigenvalue weighted by Gasteiger charge is -2.12. The molecule has 0 aliphatic carbocycles. The molecule has 248 valence electrons. The fraction of sp³-hybridized carbons (Fsp3) is 0.0769. The van der Waals surface area contributed by atoms with E-state index in [0.29, 0.717) is 0 Å². The SMILES string of the molecule is FC(F)(F)Oc1ccc(-c2ccc(-c3ccc(Cc4ccc(-c5ccc(-c6ccc(OC(F)(F)F)cc6)cc5)cc4I)c(I)c3)cc2)cc1. The van der Waals surface area contributed by atoms with Crippen molar-refractivity contribution in [2.75, 3.05) is 0 Å². The lowest BCUT2D eigenvalue weighted by Crippen LogP contribution is -2.16. The maximum atomic E-state index is 12.5. The van der Waals surface area contributed by atoms with Crippen molar-refractivity contribution < 1.29 is 35.8 Å². The molecule has 0 bridgehead atoms. The first-order chi connectivity index (χ1) is 23.3. The Kier molecular flexibility index (Phi) is 10.3. The van der Waals surface area contributed by atoms with E-state index in [1.807, 2.05) is 48.5 Å². The van der Waals surface area contributed by atoms with Gasteiger partial charge in [0, 0.05) is 7.14 Å². The van der Waals surface area contributed by atoms with E-state index in [2.05, 4.69) is 91.1 Å². The van der Waals surface area contributed by atoms with E-state index in [1.165, 1.54) is 35.4 Å². The van der Waals surface area contributed by atoms with Crippen LogP contribution < -0.4 is 9.47 Å². The quantitative estimate of drug-likeness (QED) is 0.112. The van der Waals surface area contributed by atoms with E-state index >= 15 is 0 Å². The molecule has 0 fully saturated rings. The molecule has 6 rings (SSSR count). The summed E-state index contributed by atoms with van der Waals surface area (Å²) >= 11 is 4.72. The zero-order valence-electron chi connectivity index (χ0n) is 25.2. The van der Waals surface area contributed by atoms with Crippen molar-refractivity contribution >= 4 is 45.2 Å². The van der Waals surface area contributed by atoms with Crippen LogP contribution in [0.5, 0.6) is 11.5 Å². The number of hydrogen-bond acceptors (Lipinski definition) is 2. The van der Waals surface area contributed by atoms with Crippen LogP contribution in [0.1, 0.15) is 11.1 Å². The van der Waals surface area contributed by atoms with Gasteiger partial charge in [0.1, 0.15) is 11.5 Å². The number of ether oxygens (including phenoxy) is 2. The molecule has 0 saturated heterocycles. The Morgan fingerprint density at radius 2 is 0.612 bits per heavy atom. The first kappa shape index (κ1) is 34.8. The van der Waals surface area contributed by atoms with Gasteiger partial charge >= 0.3 is 12.7 Å². The predicted molar refractivity (Wildman–Crippen MR) is 196 cm³/mol. The second-order valence-corrected chi connectivity index (χ2v) is 13.4. The van der Waals surface area contributed by atoms with Crippen molar-refractivity contribution in [3.8, 4) is 56.0 Å². The minimum atomic E-state index is -4.72. The molecule has 49 heavy (non-hydrogen) atoms. The number of hydrogen-bond donors (Lipinski definition) is 0. The molecular weight excluding hydrogens is 868 g/mol. The predicted octanol–water partition coefficient (Wildman–Crippen LogP) is 13.0. The Bertz CT molecular complexity index is 1910. The van der Waals surface area contributed by atoms with Crippen molar-refractivity contribution in [3.05, 3.63) is 152 Å². The van der Waals surface area contributed by atoms with Gasteiger partial charge in [-0.1, -0.05) is 97.1 Å². The van der Waals surface area contributed by atoms with Crippen LogP contribution in [-0.4, -0.2) is 12.7 Å². The normalized spacial score (nSPS) is 11.8. The van der Waals surface area contributed by atoms with Crippen molar-refractivity contribution in [3.63, 3.8) is 0 Å². The molecule has 10 heteroatoms. The van der Waals surface area contributed by atoms with Gasteiger partial charge in [-0.15, -0.1) is 26.3 Å². The van der Waals surface area contributed by atoms with Gasteiger partial charge in [0.2, 0.25) is 0 Å². The summed E-state index contributed by atoms with van der Waals surface area (Å²) in [7, 11) is 0. The van der Waals surface area contributed by atoms with Crippen molar-refractivity contribution in [2.24, 2.45) is 0 Å². The van der Waals surface area contributed by atoms with E-state index < -0.39 is 12.7 Å². The maximum Gasteiger partial charge on any atom is 0.573 e. The Labute approximate surface area is 306 Å². The zero-order chi connectivity index (χ0) is 34.8. The van der Waals surface area contributed by atoms with Crippen LogP contribution >= 0.6 is 45.2 Å². The second kappa shape index (κ2) is 14.4. The van der Waals surface area contributed by atoms with Gasteiger partial charge in [-0.05, 0) is 144 Å². The highest BCUT2D eigenvalue weighted by Gasteiger charge is 2.31. The van der Waals surface area contributed by atoms with Crippen LogP contribution in [0.15, 0.2) is 133 Å². The summed E-state index contributed by atoms with van der Waals surface area (Å²) in [6.07, 6.45) is -8.69. The molecule has 0 unspecified atom stereocenters. The largest absolute Gasteiger partial charge is 0.573 e. The molecule has 0 heterocycles. The van der Waals surface area contributed by atoms with E-state index in [1.54, 1.807) is 24.3 Å². The van der Waals surface area contributed by atoms with E-state index in [0.717, 1.165) is 58.1 Å². The average Bonchev–Trinajstić information content (AvgIpc) is 3.06. The topological polar surface area (TPSA) is 18.5 Å². The fourth-order valence-corrected chi connectivity index (χ4v) is 6.77. The summed E-state index contributed by atoms with van der Waals surface area (Å²) < 4.78 is 85.0. The Balaban J connectivity index is 1.10. The van der Waals surface area contributed by atoms with Crippen molar-refractivity contribution in [1.29, 1.82) is 0 Å². The molecule has 0 atom stereocenters. The van der Waals surface area contributed by atoms with Gasteiger partial charge in [-0.25, -0.2) is 0 Å². The molecule has 0 aliphatic heterocycles. The molecule has 0 aliphatic rings. The number of halogens is 8. The molecule has 0 amide bonds. The maximum absolute atomic E-state index is 12.5. The average molecular weight is 892 g/mol. The minimum absolute atomic E-state index is 0.255. The molecule has 6 aromatic carbocycles. The highest BCUT2D eigenvalue weighted by molar-refractivity contribution is 14.1. The smallest absolute Gasteiger partial charge is 0.406 e. The molecule has 2 nitrogen and oxygen atoms in total. The van der Waals surface area contributed by atoms with Crippen LogP contribution in [0.3, 0.4) is 0 Å². The van der Waals surface area contributed by atoms with E-state index in [4.69, 9.17) is 0 Å². The summed E-state index contributed by atoms with van der Waals surface area (Å²) in [5, 5.41) is 0. The highest BCUT2D eigenvalue weighted by atomic mass is 127. The van der Waals surface area contributed by atoms with Crippen LogP contribution in [0.2, 0.25) is 0 Å². The van der Waals surface area contributed by atoms with Gasteiger partial charge in [0.05, 0.1) is 0 Å². The summed E-state index contributed by atoms with van der Waals surface area (Å²) in [6.45, 7) is 0. The van der Waals surface area contributed by atoms with Gasteiger partial charge in [0.15, 0.2) is 0 Å². The number of rotatable bonds is 8. The van der Waals surface area contributed by atoms with E-state index in [9.17, 15) is 26.3 Å². The van der Waals surface area contributed by atoms with Gasteiger partial charge in [0.25, 0.3) is 0 Å². The first-order valence-corrected chi connectivity index (χ1v) is 17.0. The molecule has 0 saturated carbocycles. The molecule has 6 aromatic rings. The number of benzene rings is 6. The Hall–Kier alpha value is -4.04. The van der Waals surface area contributed by atoms with Gasteiger partial charge in [-0.3, -0.25) is 0 Å². The standard InChI is InChI=1S/C39H24F6I2O2/c40-38(41,42)48-34-17-13-26(14-18-34)24-1-5-28(6-2-24)30-9-11-32(36(46)22-30)21-33-12-10-31(23-37(33)47)29-7-3-25(4-8-29)27-15-19-35(20-16-27)49-39(43,44)45/h1-20,22-23H,21H2. The first-order valence-electron chi connectivity index (χ1n) is 14.8. The monoisotopic (exact) mass is 892 g/mol. The lowest BCUT2D eigenvalue weighted by atomic mass is 9.96. The third kappa shape index (κ3) is 9.15. The van der Waals surface area contributed by atoms with Gasteiger partial charge < -0.3 is 9.47 Å². The highest BCUT2D eigenvalue weighted by Crippen LogP contribution is 2.33. The zero-order valence-corrected chi connectivity index (χ0v) is 29.6. The molecule has 0 radical (unpaired) electrons. The van der Waals surface area contributed by atoms with Gasteiger partial charge in [-0.2, -0.15) is 0 Å². The third-order valence-corrected chi connectivity index (χ3v) is 9.77. The molecule has 0 spiro atoms. The van der Waals surface area contributed by atoms with Crippen molar-refractivity contribution in [2.45, 2.75) is 19.1 Å². The molecular formula is C39H24F6I2O2. The molecule has 0 aromatic heterocycles. The summed E-state index contributed by atoms with van der Waals surface area (Å²) in [6, 6.07) is 40.1. The summed E-state index contributed by atoms with van der Waals surface area (Å²) in [5.41, 5.74) is 9.93. The minimum Gasteiger partial charge on any atom is -0.406 e. The Morgan fingerprint density at radius 3 is 0.878 bits per heavy atom. The van der Waals surface area contributed by atoms with Crippen molar-refractivity contribution in [1.82, 2.24) is 0 Å². The van der Waals surface area contributed by atoms with E-state index in [-0.39, 0.29) is 11.5 Å². The fourth-order valence-electron chi connectivity index (χ4n) is 5.35. The summed E-state index contributed by atoms with van der Waals surface area (Å²) in [4.78, 5) is 0. The van der Waals surface area contributed by atoms with Crippen LogP contribution in [0, 0.1) is 7.14 Å². The summed E-state index contributed by atoms with van der Waals surface area (Å²) in [5.74, 6) is -0.511. The lowest BCUT2D eigenvalue weighted by molar-refractivity contribution is -0.275. The second-order valence-electron chi connectivity index (χ2n) is 11.1.